The molecule has 5 nitrogen and oxygen atoms in total. The Morgan fingerprint density at radius 1 is 0.895 bits per heavy atom. The van der Waals surface area contributed by atoms with Gasteiger partial charge in [0, 0.05) is 0 Å². The highest BCUT2D eigenvalue weighted by Gasteiger charge is 2.15. The topological polar surface area (TPSA) is 83.8 Å². The molecule has 0 spiro atoms. The third kappa shape index (κ3) is 2.90. The van der Waals surface area contributed by atoms with Gasteiger partial charge >= 0.3 is 11.9 Å². The van der Waals surface area contributed by atoms with Crippen LogP contribution < -0.4 is 4.74 Å². The quantitative estimate of drug-likeness (QED) is 0.880. The fourth-order valence-electron chi connectivity index (χ4n) is 1.53. The summed E-state index contributed by atoms with van der Waals surface area (Å²) in [4.78, 5) is 21.9. The van der Waals surface area contributed by atoms with Gasteiger partial charge in [-0.3, -0.25) is 0 Å². The Hall–Kier alpha value is -2.82. The Kier molecular flexibility index (Phi) is 3.47. The zero-order valence-corrected chi connectivity index (χ0v) is 9.74. The molecule has 96 valence electrons. The van der Waals surface area contributed by atoms with Crippen LogP contribution in [0.15, 0.2) is 48.5 Å². The van der Waals surface area contributed by atoms with Gasteiger partial charge in [0.1, 0.15) is 17.1 Å². The number of para-hydroxylation sites is 1. The first-order valence-electron chi connectivity index (χ1n) is 5.41. The molecule has 0 heterocycles. The van der Waals surface area contributed by atoms with E-state index in [1.54, 1.807) is 30.3 Å². The van der Waals surface area contributed by atoms with Crippen molar-refractivity contribution in [2.75, 3.05) is 0 Å². The van der Waals surface area contributed by atoms with E-state index in [1.807, 2.05) is 0 Å². The molecule has 0 saturated heterocycles. The van der Waals surface area contributed by atoms with E-state index in [0.717, 1.165) is 6.07 Å². The molecular formula is C14H10O5. The van der Waals surface area contributed by atoms with Gasteiger partial charge in [-0.1, -0.05) is 18.2 Å². The second-order valence-electron chi connectivity index (χ2n) is 3.74. The van der Waals surface area contributed by atoms with Gasteiger partial charge in [0.2, 0.25) is 0 Å². The fourth-order valence-corrected chi connectivity index (χ4v) is 1.53. The van der Waals surface area contributed by atoms with Crippen molar-refractivity contribution < 1.29 is 24.5 Å². The third-order valence-corrected chi connectivity index (χ3v) is 2.43. The molecule has 0 unspecified atom stereocenters. The highest BCUT2D eigenvalue weighted by molar-refractivity contribution is 5.96. The van der Waals surface area contributed by atoms with Crippen molar-refractivity contribution in [1.29, 1.82) is 0 Å². The van der Waals surface area contributed by atoms with Crippen LogP contribution in [0.3, 0.4) is 0 Å². The van der Waals surface area contributed by atoms with Gasteiger partial charge in [-0.2, -0.15) is 0 Å². The van der Waals surface area contributed by atoms with Gasteiger partial charge < -0.3 is 14.9 Å². The van der Waals surface area contributed by atoms with Crippen LogP contribution in [-0.4, -0.2) is 22.2 Å². The van der Waals surface area contributed by atoms with Crippen molar-refractivity contribution >= 4 is 11.9 Å². The minimum absolute atomic E-state index is 0.0992. The first kappa shape index (κ1) is 12.6. The van der Waals surface area contributed by atoms with Crippen molar-refractivity contribution in [1.82, 2.24) is 0 Å². The summed E-state index contributed by atoms with van der Waals surface area (Å²) >= 11 is 0. The Morgan fingerprint density at radius 3 is 2.16 bits per heavy atom. The Bertz CT molecular complexity index is 619. The summed E-state index contributed by atoms with van der Waals surface area (Å²) in [5.74, 6) is -1.85. The number of carboxylic acids is 2. The van der Waals surface area contributed by atoms with Crippen molar-refractivity contribution in [3.8, 4) is 11.5 Å². The van der Waals surface area contributed by atoms with Crippen LogP contribution in [0.2, 0.25) is 0 Å². The molecule has 19 heavy (non-hydrogen) atoms. The third-order valence-electron chi connectivity index (χ3n) is 2.43. The lowest BCUT2D eigenvalue weighted by atomic mass is 10.1. The molecule has 2 N–H and O–H groups in total. The summed E-state index contributed by atoms with van der Waals surface area (Å²) in [6.07, 6.45) is 0. The van der Waals surface area contributed by atoms with Crippen molar-refractivity contribution in [2.24, 2.45) is 0 Å². The van der Waals surface area contributed by atoms with E-state index in [-0.39, 0.29) is 16.9 Å². The highest BCUT2D eigenvalue weighted by Crippen LogP contribution is 2.26. The van der Waals surface area contributed by atoms with E-state index < -0.39 is 11.9 Å². The molecule has 0 atom stereocenters. The number of carbonyl (C=O) groups is 2. The number of carboxylic acid groups (broad SMARTS) is 2. The second-order valence-corrected chi connectivity index (χ2v) is 3.74. The molecule has 0 radical (unpaired) electrons. The van der Waals surface area contributed by atoms with Gasteiger partial charge in [-0.05, 0) is 30.3 Å². The summed E-state index contributed by atoms with van der Waals surface area (Å²) < 4.78 is 5.43. The van der Waals surface area contributed by atoms with E-state index in [2.05, 4.69) is 0 Å². The van der Waals surface area contributed by atoms with Gasteiger partial charge in [-0.15, -0.1) is 0 Å². The highest BCUT2D eigenvalue weighted by atomic mass is 16.5. The van der Waals surface area contributed by atoms with Crippen molar-refractivity contribution in [3.05, 3.63) is 59.7 Å². The molecule has 0 aliphatic carbocycles. The Balaban J connectivity index is 2.40. The number of rotatable bonds is 4. The van der Waals surface area contributed by atoms with Crippen LogP contribution >= 0.6 is 0 Å². The smallest absolute Gasteiger partial charge is 0.339 e. The van der Waals surface area contributed by atoms with E-state index in [9.17, 15) is 9.59 Å². The van der Waals surface area contributed by atoms with Crippen LogP contribution in [0.1, 0.15) is 20.7 Å². The predicted molar refractivity (Wildman–Crippen MR) is 66.9 cm³/mol. The van der Waals surface area contributed by atoms with Crippen LogP contribution in [0, 0.1) is 0 Å². The molecule has 2 aromatic carbocycles. The van der Waals surface area contributed by atoms with E-state index in [4.69, 9.17) is 14.9 Å². The van der Waals surface area contributed by atoms with E-state index >= 15 is 0 Å². The summed E-state index contributed by atoms with van der Waals surface area (Å²) in [6, 6.07) is 12.4. The number of aromatic carboxylic acids is 2. The normalized spacial score (nSPS) is 9.89. The second kappa shape index (κ2) is 5.22. The summed E-state index contributed by atoms with van der Waals surface area (Å²) in [5.41, 5.74) is -0.290. The largest absolute Gasteiger partial charge is 0.478 e. The van der Waals surface area contributed by atoms with Crippen molar-refractivity contribution in [2.45, 2.75) is 0 Å². The zero-order valence-electron chi connectivity index (χ0n) is 9.74. The summed E-state index contributed by atoms with van der Waals surface area (Å²) in [7, 11) is 0. The fraction of sp³-hybridized carbons (Fsp3) is 0. The van der Waals surface area contributed by atoms with E-state index in [1.165, 1.54) is 12.1 Å². The maximum Gasteiger partial charge on any atom is 0.339 e. The number of ether oxygens (including phenoxy) is 1. The lowest BCUT2D eigenvalue weighted by molar-refractivity contribution is 0.0694. The van der Waals surface area contributed by atoms with Crippen molar-refractivity contribution in [3.63, 3.8) is 0 Å². The van der Waals surface area contributed by atoms with Gasteiger partial charge in [-0.25, -0.2) is 9.59 Å². The monoisotopic (exact) mass is 258 g/mol. The standard InChI is InChI=1S/C14H10O5/c15-13(16)9-6-7-12(11(8-9)14(17)18)19-10-4-2-1-3-5-10/h1-8H,(H,15,16)(H,17,18). The maximum absolute atomic E-state index is 11.1. The number of benzene rings is 2. The Morgan fingerprint density at radius 2 is 1.58 bits per heavy atom. The van der Waals surface area contributed by atoms with Crippen LogP contribution in [0.25, 0.3) is 0 Å². The van der Waals surface area contributed by atoms with Gasteiger partial charge in [0.05, 0.1) is 5.56 Å². The summed E-state index contributed by atoms with van der Waals surface area (Å²) in [5, 5.41) is 17.9. The molecule has 0 fully saturated rings. The van der Waals surface area contributed by atoms with E-state index in [0.29, 0.717) is 5.75 Å². The predicted octanol–water partition coefficient (Wildman–Crippen LogP) is 2.88. The lowest BCUT2D eigenvalue weighted by Crippen LogP contribution is -2.04. The molecule has 5 heteroatoms. The molecule has 0 aromatic heterocycles. The van der Waals surface area contributed by atoms with Gasteiger partial charge in [0.25, 0.3) is 0 Å². The zero-order chi connectivity index (χ0) is 13.8. The first-order chi connectivity index (χ1) is 9.08. The summed E-state index contributed by atoms with van der Waals surface area (Å²) in [6.45, 7) is 0. The molecule has 0 aliphatic rings. The minimum atomic E-state index is -1.24. The van der Waals surface area contributed by atoms with Crippen LogP contribution in [0.5, 0.6) is 11.5 Å². The average molecular weight is 258 g/mol. The molecule has 0 amide bonds. The molecular weight excluding hydrogens is 248 g/mol. The number of hydrogen-bond acceptors (Lipinski definition) is 3. The molecule has 2 rings (SSSR count). The van der Waals surface area contributed by atoms with Crippen LogP contribution in [-0.2, 0) is 0 Å². The molecule has 0 aliphatic heterocycles. The molecule has 2 aromatic rings. The first-order valence-corrected chi connectivity index (χ1v) is 5.41. The average Bonchev–Trinajstić information content (AvgIpc) is 2.39. The van der Waals surface area contributed by atoms with Gasteiger partial charge in [0.15, 0.2) is 0 Å². The lowest BCUT2D eigenvalue weighted by Gasteiger charge is -2.09. The minimum Gasteiger partial charge on any atom is -0.478 e. The molecule has 0 bridgehead atoms. The maximum atomic E-state index is 11.1. The Labute approximate surface area is 108 Å². The van der Waals surface area contributed by atoms with Crippen LogP contribution in [0.4, 0.5) is 0 Å². The molecule has 0 saturated carbocycles. The number of hydrogen-bond donors (Lipinski definition) is 2. The SMILES string of the molecule is O=C(O)c1ccc(Oc2ccccc2)c(C(=O)O)c1.